The van der Waals surface area contributed by atoms with E-state index in [2.05, 4.69) is 53.4 Å². The van der Waals surface area contributed by atoms with Crippen molar-refractivity contribution < 1.29 is 0 Å². The van der Waals surface area contributed by atoms with E-state index in [1.54, 1.807) is 17.5 Å². The van der Waals surface area contributed by atoms with Gasteiger partial charge < -0.3 is 9.88 Å². The number of rotatable bonds is 5. The van der Waals surface area contributed by atoms with Gasteiger partial charge in [0.2, 0.25) is 0 Å². The molecule has 2 heterocycles. The summed E-state index contributed by atoms with van der Waals surface area (Å²) in [5, 5.41) is 4.65. The minimum atomic E-state index is 0.276. The zero-order chi connectivity index (χ0) is 14.7. The molecule has 5 heteroatoms. The molecule has 1 aromatic carbocycles. The van der Waals surface area contributed by atoms with E-state index in [0.29, 0.717) is 0 Å². The molecule has 4 nitrogen and oxygen atoms in total. The van der Waals surface area contributed by atoms with Crippen LogP contribution in [0.5, 0.6) is 0 Å². The second-order valence-corrected chi connectivity index (χ2v) is 6.35. The van der Waals surface area contributed by atoms with Crippen LogP contribution in [0.2, 0.25) is 0 Å². The van der Waals surface area contributed by atoms with Crippen LogP contribution in [0, 0.1) is 6.92 Å². The lowest BCUT2D eigenvalue weighted by Crippen LogP contribution is -2.18. The molecule has 0 unspecified atom stereocenters. The van der Waals surface area contributed by atoms with E-state index in [1.165, 1.54) is 10.4 Å². The standard InChI is InChI=1S/C16H18N4S/c1-12-9-19-16(21-12)10-18-13(2)14-4-3-5-15(8-14)20-7-6-17-11-20/h3-9,11,13,18H,10H2,1-2H3/t13-/m0/s1. The Kier molecular flexibility index (Phi) is 4.13. The van der Waals surface area contributed by atoms with Gasteiger partial charge in [0.1, 0.15) is 5.01 Å². The van der Waals surface area contributed by atoms with Crippen molar-refractivity contribution in [3.8, 4) is 5.69 Å². The lowest BCUT2D eigenvalue weighted by Gasteiger charge is -2.14. The van der Waals surface area contributed by atoms with E-state index in [9.17, 15) is 0 Å². The minimum absolute atomic E-state index is 0.276. The maximum Gasteiger partial charge on any atom is 0.107 e. The molecular formula is C16H18N4S. The second kappa shape index (κ2) is 6.20. The molecular weight excluding hydrogens is 280 g/mol. The molecule has 0 aliphatic heterocycles. The number of hydrogen-bond acceptors (Lipinski definition) is 4. The molecule has 21 heavy (non-hydrogen) atoms. The molecule has 0 aliphatic rings. The first-order chi connectivity index (χ1) is 10.2. The molecule has 0 aliphatic carbocycles. The van der Waals surface area contributed by atoms with E-state index in [0.717, 1.165) is 17.2 Å². The first-order valence-electron chi connectivity index (χ1n) is 6.95. The lowest BCUT2D eigenvalue weighted by molar-refractivity contribution is 0.573. The quantitative estimate of drug-likeness (QED) is 0.784. The van der Waals surface area contributed by atoms with Gasteiger partial charge >= 0.3 is 0 Å². The molecule has 0 spiro atoms. The minimum Gasteiger partial charge on any atom is -0.306 e. The Morgan fingerprint density at radius 2 is 2.29 bits per heavy atom. The van der Waals surface area contributed by atoms with Crippen molar-refractivity contribution in [3.05, 3.63) is 64.6 Å². The fraction of sp³-hybridized carbons (Fsp3) is 0.250. The predicted octanol–water partition coefficient (Wildman–Crippen LogP) is 3.49. The molecule has 0 saturated carbocycles. The highest BCUT2D eigenvalue weighted by Crippen LogP contribution is 2.18. The molecule has 1 N–H and O–H groups in total. The van der Waals surface area contributed by atoms with Crippen LogP contribution in [0.1, 0.15) is 28.4 Å². The van der Waals surface area contributed by atoms with Crippen molar-refractivity contribution >= 4 is 11.3 Å². The van der Waals surface area contributed by atoms with E-state index in [4.69, 9.17) is 0 Å². The molecule has 0 radical (unpaired) electrons. The summed E-state index contributed by atoms with van der Waals surface area (Å²) in [7, 11) is 0. The van der Waals surface area contributed by atoms with Crippen molar-refractivity contribution in [2.24, 2.45) is 0 Å². The molecule has 0 saturated heterocycles. The van der Waals surface area contributed by atoms with Gasteiger partial charge in [-0.15, -0.1) is 11.3 Å². The second-order valence-electron chi connectivity index (χ2n) is 5.03. The summed E-state index contributed by atoms with van der Waals surface area (Å²) in [4.78, 5) is 9.73. The fourth-order valence-corrected chi connectivity index (χ4v) is 2.95. The number of nitrogens with zero attached hydrogens (tertiary/aromatic N) is 3. The largest absolute Gasteiger partial charge is 0.306 e. The summed E-state index contributed by atoms with van der Waals surface area (Å²) in [6.07, 6.45) is 7.48. The third-order valence-corrected chi connectivity index (χ3v) is 4.31. The maximum absolute atomic E-state index is 4.38. The molecule has 3 rings (SSSR count). The van der Waals surface area contributed by atoms with Crippen LogP contribution < -0.4 is 5.32 Å². The first kappa shape index (κ1) is 14.0. The highest BCUT2D eigenvalue weighted by atomic mass is 32.1. The number of aryl methyl sites for hydroxylation is 1. The van der Waals surface area contributed by atoms with Gasteiger partial charge in [-0.2, -0.15) is 0 Å². The van der Waals surface area contributed by atoms with Gasteiger partial charge in [0.25, 0.3) is 0 Å². The van der Waals surface area contributed by atoms with Crippen molar-refractivity contribution in [2.45, 2.75) is 26.4 Å². The van der Waals surface area contributed by atoms with Crippen LogP contribution >= 0.6 is 11.3 Å². The molecule has 0 fully saturated rings. The van der Waals surface area contributed by atoms with Gasteiger partial charge in [0.15, 0.2) is 0 Å². The van der Waals surface area contributed by atoms with Crippen molar-refractivity contribution in [1.29, 1.82) is 0 Å². The Labute approximate surface area is 128 Å². The Bertz CT molecular complexity index is 703. The number of aromatic nitrogens is 3. The van der Waals surface area contributed by atoms with Crippen LogP contribution in [0.4, 0.5) is 0 Å². The summed E-state index contributed by atoms with van der Waals surface area (Å²) in [5.41, 5.74) is 2.39. The maximum atomic E-state index is 4.38. The average Bonchev–Trinajstić information content (AvgIpc) is 3.16. The van der Waals surface area contributed by atoms with E-state index >= 15 is 0 Å². The monoisotopic (exact) mass is 298 g/mol. The summed E-state index contributed by atoms with van der Waals surface area (Å²) >= 11 is 1.74. The Morgan fingerprint density at radius 3 is 3.00 bits per heavy atom. The van der Waals surface area contributed by atoms with Crippen molar-refractivity contribution in [2.75, 3.05) is 0 Å². The molecule has 108 valence electrons. The summed E-state index contributed by atoms with van der Waals surface area (Å²) in [6.45, 7) is 5.06. The summed E-state index contributed by atoms with van der Waals surface area (Å²) in [6, 6.07) is 8.77. The van der Waals surface area contributed by atoms with Crippen molar-refractivity contribution in [1.82, 2.24) is 19.9 Å². The van der Waals surface area contributed by atoms with E-state index in [-0.39, 0.29) is 6.04 Å². The van der Waals surface area contributed by atoms with Gasteiger partial charge in [0.05, 0.1) is 6.33 Å². The van der Waals surface area contributed by atoms with Gasteiger partial charge in [-0.3, -0.25) is 0 Å². The van der Waals surface area contributed by atoms with Gasteiger partial charge in [-0.05, 0) is 31.5 Å². The topological polar surface area (TPSA) is 42.7 Å². The molecule has 0 bridgehead atoms. The highest BCUT2D eigenvalue weighted by Gasteiger charge is 2.07. The van der Waals surface area contributed by atoms with Crippen LogP contribution in [0.3, 0.4) is 0 Å². The van der Waals surface area contributed by atoms with Crippen LogP contribution in [-0.4, -0.2) is 14.5 Å². The third kappa shape index (κ3) is 3.37. The molecule has 0 amide bonds. The van der Waals surface area contributed by atoms with Crippen molar-refractivity contribution in [3.63, 3.8) is 0 Å². The lowest BCUT2D eigenvalue weighted by atomic mass is 10.1. The summed E-state index contributed by atoms with van der Waals surface area (Å²) < 4.78 is 2.01. The number of nitrogens with one attached hydrogen (secondary N) is 1. The zero-order valence-corrected chi connectivity index (χ0v) is 13.0. The average molecular weight is 298 g/mol. The Morgan fingerprint density at radius 1 is 1.38 bits per heavy atom. The van der Waals surface area contributed by atoms with Crippen LogP contribution in [-0.2, 0) is 6.54 Å². The molecule has 2 aromatic heterocycles. The van der Waals surface area contributed by atoms with Crippen LogP contribution in [0.15, 0.2) is 49.2 Å². The fourth-order valence-electron chi connectivity index (χ4n) is 2.21. The first-order valence-corrected chi connectivity index (χ1v) is 7.77. The van der Waals surface area contributed by atoms with E-state index < -0.39 is 0 Å². The summed E-state index contributed by atoms with van der Waals surface area (Å²) in [5.74, 6) is 0. The normalized spacial score (nSPS) is 12.5. The smallest absolute Gasteiger partial charge is 0.107 e. The number of thiazole rings is 1. The number of benzene rings is 1. The number of hydrogen-bond donors (Lipinski definition) is 1. The van der Waals surface area contributed by atoms with E-state index in [1.807, 2.05) is 23.3 Å². The molecule has 1 atom stereocenters. The van der Waals surface area contributed by atoms with Gasteiger partial charge in [0, 0.05) is 41.7 Å². The zero-order valence-electron chi connectivity index (χ0n) is 12.2. The third-order valence-electron chi connectivity index (χ3n) is 3.40. The van der Waals surface area contributed by atoms with Gasteiger partial charge in [-0.25, -0.2) is 9.97 Å². The Balaban J connectivity index is 1.69. The van der Waals surface area contributed by atoms with Crippen LogP contribution in [0.25, 0.3) is 5.69 Å². The Hall–Kier alpha value is -1.98. The SMILES string of the molecule is Cc1cnc(CN[C@@H](C)c2cccc(-n3ccnc3)c2)s1. The number of imidazole rings is 1. The predicted molar refractivity (Wildman–Crippen MR) is 85.7 cm³/mol. The van der Waals surface area contributed by atoms with Gasteiger partial charge in [-0.1, -0.05) is 12.1 Å². The highest BCUT2D eigenvalue weighted by molar-refractivity contribution is 7.11. The molecule has 3 aromatic rings.